The maximum atomic E-state index is 13.9. The van der Waals surface area contributed by atoms with Crippen LogP contribution < -0.4 is 0 Å². The quantitative estimate of drug-likeness (QED) is 0.480. The highest BCUT2D eigenvalue weighted by atomic mass is 16.6. The van der Waals surface area contributed by atoms with Gasteiger partial charge in [0, 0.05) is 25.7 Å². The minimum atomic E-state index is -1.23. The molecule has 4 aliphatic rings. The van der Waals surface area contributed by atoms with Crippen molar-refractivity contribution in [2.75, 3.05) is 26.3 Å². The molecule has 33 heavy (non-hydrogen) atoms. The number of fused-ring (bicyclic) bond motifs is 2. The van der Waals surface area contributed by atoms with Gasteiger partial charge in [-0.2, -0.15) is 0 Å². The number of hydrogen-bond acceptors (Lipinski definition) is 6. The van der Waals surface area contributed by atoms with Crippen LogP contribution in [0.15, 0.2) is 24.3 Å². The average Bonchev–Trinajstić information content (AvgIpc) is 3.17. The number of ether oxygens (including phenoxy) is 2. The summed E-state index contributed by atoms with van der Waals surface area (Å²) in [6.45, 7) is 5.00. The van der Waals surface area contributed by atoms with Gasteiger partial charge in [-0.05, 0) is 39.0 Å². The molecule has 4 aliphatic heterocycles. The van der Waals surface area contributed by atoms with Crippen LogP contribution in [0.4, 0.5) is 0 Å². The molecule has 0 aromatic carbocycles. The lowest BCUT2D eigenvalue weighted by atomic mass is 9.78. The summed E-state index contributed by atoms with van der Waals surface area (Å²) in [6, 6.07) is -0.846. The van der Waals surface area contributed by atoms with Crippen LogP contribution in [0.5, 0.6) is 0 Å². The predicted molar refractivity (Wildman–Crippen MR) is 121 cm³/mol. The molecule has 0 bridgehead atoms. The number of carbonyl (C=O) groups is 3. The molecule has 0 radical (unpaired) electrons. The van der Waals surface area contributed by atoms with E-state index in [9.17, 15) is 19.5 Å². The minimum Gasteiger partial charge on any atom is -0.465 e. The Bertz CT molecular complexity index is 826. The summed E-state index contributed by atoms with van der Waals surface area (Å²) in [5.74, 6) is -2.50. The average molecular weight is 461 g/mol. The van der Waals surface area contributed by atoms with Gasteiger partial charge in [0.25, 0.3) is 0 Å². The van der Waals surface area contributed by atoms with Crippen LogP contribution >= 0.6 is 0 Å². The highest BCUT2D eigenvalue weighted by molar-refractivity contribution is 5.99. The lowest BCUT2D eigenvalue weighted by Gasteiger charge is -2.37. The first kappa shape index (κ1) is 24.0. The molecule has 0 saturated carbocycles. The Labute approximate surface area is 195 Å². The summed E-state index contributed by atoms with van der Waals surface area (Å²) in [5.41, 5.74) is -1.23. The van der Waals surface area contributed by atoms with Crippen molar-refractivity contribution in [3.63, 3.8) is 0 Å². The highest BCUT2D eigenvalue weighted by Crippen LogP contribution is 2.53. The number of rotatable bonds is 6. The molecule has 1 spiro atoms. The first-order valence-corrected chi connectivity index (χ1v) is 12.4. The molecule has 0 aromatic heterocycles. The number of carbonyl (C=O) groups excluding carboxylic acids is 3. The van der Waals surface area contributed by atoms with Crippen LogP contribution in [-0.4, -0.2) is 82.8 Å². The van der Waals surface area contributed by atoms with Gasteiger partial charge >= 0.3 is 5.97 Å². The van der Waals surface area contributed by atoms with Crippen molar-refractivity contribution in [2.45, 2.75) is 76.2 Å². The van der Waals surface area contributed by atoms with Gasteiger partial charge in [-0.3, -0.25) is 14.4 Å². The van der Waals surface area contributed by atoms with Crippen molar-refractivity contribution in [3.05, 3.63) is 24.3 Å². The monoisotopic (exact) mass is 460 g/mol. The topological polar surface area (TPSA) is 96.4 Å². The van der Waals surface area contributed by atoms with Crippen LogP contribution in [0.1, 0.15) is 52.4 Å². The smallest absolute Gasteiger partial charge is 0.312 e. The third kappa shape index (κ3) is 4.12. The second-order valence-electron chi connectivity index (χ2n) is 9.57. The summed E-state index contributed by atoms with van der Waals surface area (Å²) in [6.07, 6.45) is 11.7. The molecule has 2 fully saturated rings. The van der Waals surface area contributed by atoms with E-state index in [-0.39, 0.29) is 31.0 Å². The number of esters is 1. The second-order valence-corrected chi connectivity index (χ2v) is 9.57. The van der Waals surface area contributed by atoms with E-state index in [4.69, 9.17) is 9.47 Å². The molecule has 2 unspecified atom stereocenters. The fourth-order valence-electron chi connectivity index (χ4n) is 5.89. The maximum absolute atomic E-state index is 13.9. The number of allylic oxidation sites excluding steroid dienone is 1. The first-order valence-electron chi connectivity index (χ1n) is 12.4. The van der Waals surface area contributed by atoms with Crippen molar-refractivity contribution in [2.24, 2.45) is 11.8 Å². The molecule has 2 saturated heterocycles. The third-order valence-electron chi connectivity index (χ3n) is 7.43. The van der Waals surface area contributed by atoms with Gasteiger partial charge in [-0.15, -0.1) is 0 Å². The van der Waals surface area contributed by atoms with Crippen molar-refractivity contribution >= 4 is 17.8 Å². The van der Waals surface area contributed by atoms with E-state index in [1.165, 1.54) is 4.90 Å². The number of aliphatic hydroxyl groups excluding tert-OH is 1. The Morgan fingerprint density at radius 1 is 1.21 bits per heavy atom. The van der Waals surface area contributed by atoms with E-state index in [1.54, 1.807) is 0 Å². The first-order chi connectivity index (χ1) is 16.0. The lowest BCUT2D eigenvalue weighted by Crippen LogP contribution is -2.56. The third-order valence-corrected chi connectivity index (χ3v) is 7.43. The fraction of sp³-hybridized carbons (Fsp3) is 0.720. The number of hydrogen-bond donors (Lipinski definition) is 1. The van der Waals surface area contributed by atoms with E-state index in [0.29, 0.717) is 19.6 Å². The minimum absolute atomic E-state index is 0.0168. The van der Waals surface area contributed by atoms with Gasteiger partial charge in [0.05, 0.1) is 18.6 Å². The molecule has 1 N–H and O–H groups in total. The van der Waals surface area contributed by atoms with Crippen molar-refractivity contribution in [3.8, 4) is 0 Å². The van der Waals surface area contributed by atoms with Crippen molar-refractivity contribution in [1.29, 1.82) is 0 Å². The SMILES string of the molecule is CCCC(C)N1CC=C[C@]23O[C@@H]4/C=C\CCCCOC(=O)[C@@H]4[C@H]2C(=O)N(CCCO)C3C1=O. The molecule has 4 rings (SSSR count). The zero-order valence-electron chi connectivity index (χ0n) is 19.7. The van der Waals surface area contributed by atoms with Gasteiger partial charge in [0.15, 0.2) is 0 Å². The Morgan fingerprint density at radius 2 is 2.03 bits per heavy atom. The Kier molecular flexibility index (Phi) is 7.24. The van der Waals surface area contributed by atoms with Crippen LogP contribution in [0.3, 0.4) is 0 Å². The van der Waals surface area contributed by atoms with Gasteiger partial charge in [-0.25, -0.2) is 0 Å². The number of nitrogens with zero attached hydrogens (tertiary/aromatic N) is 2. The van der Waals surface area contributed by atoms with Gasteiger partial charge in [0.2, 0.25) is 11.8 Å². The van der Waals surface area contributed by atoms with Crippen LogP contribution in [0.25, 0.3) is 0 Å². The second kappa shape index (κ2) is 9.97. The summed E-state index contributed by atoms with van der Waals surface area (Å²) < 4.78 is 12.1. The summed E-state index contributed by atoms with van der Waals surface area (Å²) in [7, 11) is 0. The summed E-state index contributed by atoms with van der Waals surface area (Å²) >= 11 is 0. The molecular weight excluding hydrogens is 424 g/mol. The molecule has 2 amide bonds. The maximum Gasteiger partial charge on any atom is 0.312 e. The Hall–Kier alpha value is -2.19. The van der Waals surface area contributed by atoms with Crippen LogP contribution in [0, 0.1) is 11.8 Å². The number of aliphatic hydroxyl groups is 1. The molecular formula is C25H36N2O6. The van der Waals surface area contributed by atoms with E-state index in [2.05, 4.69) is 6.92 Å². The zero-order chi connectivity index (χ0) is 23.6. The molecule has 6 atom stereocenters. The number of amides is 2. The molecule has 0 aliphatic carbocycles. The molecule has 8 nitrogen and oxygen atoms in total. The van der Waals surface area contributed by atoms with Gasteiger partial charge in [-0.1, -0.05) is 37.6 Å². The lowest BCUT2D eigenvalue weighted by molar-refractivity contribution is -0.155. The van der Waals surface area contributed by atoms with Crippen molar-refractivity contribution in [1.82, 2.24) is 9.80 Å². The molecule has 0 aromatic rings. The number of cyclic esters (lactones) is 1. The predicted octanol–water partition coefficient (Wildman–Crippen LogP) is 1.82. The van der Waals surface area contributed by atoms with Crippen molar-refractivity contribution < 1.29 is 29.0 Å². The van der Waals surface area contributed by atoms with Gasteiger partial charge in [0.1, 0.15) is 17.6 Å². The Balaban J connectivity index is 1.78. The van der Waals surface area contributed by atoms with E-state index < -0.39 is 35.6 Å². The number of likely N-dealkylation sites (tertiary alicyclic amines) is 1. The standard InChI is InChI=1S/C25H36N2O6/c1-3-10-17(2)26-13-8-12-25-20(22(29)27(14-9-15-28)21(25)23(26)30)19-18(33-25)11-6-4-5-7-16-32-24(19)31/h6,8,11-12,17-21,28H,3-5,7,9-10,13-16H2,1-2H3/b11-6-/t17?,18-,19+,20+,21?,25+/m1/s1. The van der Waals surface area contributed by atoms with Crippen LogP contribution in [-0.2, 0) is 23.9 Å². The summed E-state index contributed by atoms with van der Waals surface area (Å²) in [5, 5.41) is 9.44. The van der Waals surface area contributed by atoms with E-state index >= 15 is 0 Å². The molecule has 8 heteroatoms. The molecule has 4 heterocycles. The van der Waals surface area contributed by atoms with E-state index in [0.717, 1.165) is 32.1 Å². The molecule has 182 valence electrons. The van der Waals surface area contributed by atoms with Gasteiger partial charge < -0.3 is 24.4 Å². The Morgan fingerprint density at radius 3 is 2.79 bits per heavy atom. The highest BCUT2D eigenvalue weighted by Gasteiger charge is 2.71. The van der Waals surface area contributed by atoms with E-state index in [1.807, 2.05) is 36.1 Å². The fourth-order valence-corrected chi connectivity index (χ4v) is 5.89. The normalized spacial score (nSPS) is 36.0. The van der Waals surface area contributed by atoms with Crippen LogP contribution in [0.2, 0.25) is 0 Å². The summed E-state index contributed by atoms with van der Waals surface area (Å²) in [4.78, 5) is 44.2. The zero-order valence-corrected chi connectivity index (χ0v) is 19.7. The largest absolute Gasteiger partial charge is 0.465 e.